The number of likely N-dealkylation sites (N-methyl/N-ethyl adjacent to an activating group) is 1. The number of amides is 1. The maximum Gasteiger partial charge on any atom is 0.274 e. The predicted octanol–water partition coefficient (Wildman–Crippen LogP) is 4.29. The molecule has 13 heteroatoms. The van der Waals surface area contributed by atoms with Gasteiger partial charge >= 0.3 is 0 Å². The standard InChI is InChI=1S/C31H30F2N10O/c1-18(21-8-9-24(32)25(33)12-21)40-31(44)27-29(37-15-22(13-34)41-27)36-14-19-4-6-20(7-5-19)23-16-43(11-10-42(2)3)30-26(23)28(35)38-17-39-30/h4-9,12,15-18H,10-11,14H2,1-3H3,(H,36,37)(H,40,44)(H2,35,38,39)/t18-/m0/s1. The maximum absolute atomic E-state index is 13.7. The van der Waals surface area contributed by atoms with Gasteiger partial charge in [-0.3, -0.25) is 4.79 Å². The molecular formula is C31H30F2N10O. The fraction of sp³-hybridized carbons (Fsp3) is 0.226. The molecule has 5 aromatic rings. The van der Waals surface area contributed by atoms with E-state index in [-0.39, 0.29) is 17.2 Å². The lowest BCUT2D eigenvalue weighted by atomic mass is 10.0. The third-order valence-electron chi connectivity index (χ3n) is 7.09. The average Bonchev–Trinajstić information content (AvgIpc) is 3.40. The Labute approximate surface area is 252 Å². The SMILES string of the molecule is C[C@H](NC(=O)c1nc(C#N)cnc1NCc1ccc(-c2cn(CCN(C)C)c3ncnc(N)c23)cc1)c1ccc(F)c(F)c1. The first-order valence-electron chi connectivity index (χ1n) is 13.7. The first-order chi connectivity index (χ1) is 21.1. The zero-order valence-corrected chi connectivity index (χ0v) is 24.3. The van der Waals surface area contributed by atoms with E-state index >= 15 is 0 Å². The fourth-order valence-corrected chi connectivity index (χ4v) is 4.69. The Balaban J connectivity index is 1.34. The van der Waals surface area contributed by atoms with Crippen LogP contribution in [0.5, 0.6) is 0 Å². The number of nitrogens with one attached hydrogen (secondary N) is 2. The number of rotatable bonds is 10. The zero-order valence-electron chi connectivity index (χ0n) is 24.3. The number of halogens is 2. The van der Waals surface area contributed by atoms with Crippen molar-refractivity contribution < 1.29 is 13.6 Å². The van der Waals surface area contributed by atoms with E-state index in [1.165, 1.54) is 18.6 Å². The maximum atomic E-state index is 13.7. The molecule has 4 N–H and O–H groups in total. The first kappa shape index (κ1) is 30.0. The topological polar surface area (TPSA) is 151 Å². The molecule has 1 amide bonds. The number of benzene rings is 2. The average molecular weight is 597 g/mol. The van der Waals surface area contributed by atoms with Gasteiger partial charge in [0.2, 0.25) is 0 Å². The predicted molar refractivity (Wildman–Crippen MR) is 162 cm³/mol. The van der Waals surface area contributed by atoms with Gasteiger partial charge in [-0.15, -0.1) is 0 Å². The van der Waals surface area contributed by atoms with Gasteiger partial charge in [0.05, 0.1) is 17.6 Å². The van der Waals surface area contributed by atoms with Gasteiger partial charge in [0.25, 0.3) is 5.91 Å². The third kappa shape index (κ3) is 6.45. The smallest absolute Gasteiger partial charge is 0.274 e. The highest BCUT2D eigenvalue weighted by Gasteiger charge is 2.20. The minimum absolute atomic E-state index is 0.0430. The number of nitrogens with two attached hydrogens (primary N) is 1. The Morgan fingerprint density at radius 1 is 1.11 bits per heavy atom. The minimum Gasteiger partial charge on any atom is -0.383 e. The number of hydrogen-bond acceptors (Lipinski definition) is 9. The number of carbonyl (C=O) groups is 1. The Bertz CT molecular complexity index is 1860. The highest BCUT2D eigenvalue weighted by atomic mass is 19.2. The van der Waals surface area contributed by atoms with E-state index in [2.05, 4.69) is 40.0 Å². The molecule has 0 aliphatic heterocycles. The van der Waals surface area contributed by atoms with Crippen molar-refractivity contribution in [2.24, 2.45) is 0 Å². The van der Waals surface area contributed by atoms with Crippen molar-refractivity contribution in [3.05, 3.63) is 95.3 Å². The van der Waals surface area contributed by atoms with Gasteiger partial charge in [0.1, 0.15) is 23.9 Å². The molecular weight excluding hydrogens is 566 g/mol. The highest BCUT2D eigenvalue weighted by molar-refractivity contribution is 6.00. The molecule has 1 atom stereocenters. The number of hydrogen-bond donors (Lipinski definition) is 3. The van der Waals surface area contributed by atoms with E-state index in [0.29, 0.717) is 17.9 Å². The Kier molecular flexibility index (Phi) is 8.73. The first-order valence-corrected chi connectivity index (χ1v) is 13.7. The molecule has 5 rings (SSSR count). The molecule has 0 bridgehead atoms. The molecule has 0 saturated heterocycles. The van der Waals surface area contributed by atoms with Crippen LogP contribution in [0.4, 0.5) is 20.4 Å². The van der Waals surface area contributed by atoms with Gasteiger partial charge in [-0.1, -0.05) is 30.3 Å². The lowest BCUT2D eigenvalue weighted by molar-refractivity contribution is 0.0935. The third-order valence-corrected chi connectivity index (χ3v) is 7.09. The van der Waals surface area contributed by atoms with E-state index in [1.54, 1.807) is 6.92 Å². The largest absolute Gasteiger partial charge is 0.383 e. The molecule has 0 aliphatic carbocycles. The summed E-state index contributed by atoms with van der Waals surface area (Å²) >= 11 is 0. The van der Waals surface area contributed by atoms with Crippen molar-refractivity contribution in [2.45, 2.75) is 26.1 Å². The summed E-state index contributed by atoms with van der Waals surface area (Å²) in [6, 6.07) is 12.4. The van der Waals surface area contributed by atoms with Gasteiger partial charge in [0.15, 0.2) is 28.8 Å². The molecule has 3 heterocycles. The molecule has 224 valence electrons. The molecule has 0 spiro atoms. The number of aromatic nitrogens is 5. The van der Waals surface area contributed by atoms with Crippen LogP contribution in [-0.4, -0.2) is 56.0 Å². The Hall–Kier alpha value is -5.48. The number of nitrogen functional groups attached to an aromatic ring is 1. The van der Waals surface area contributed by atoms with Crippen LogP contribution in [0.2, 0.25) is 0 Å². The molecule has 44 heavy (non-hydrogen) atoms. The fourth-order valence-electron chi connectivity index (χ4n) is 4.69. The summed E-state index contributed by atoms with van der Waals surface area (Å²) in [5, 5.41) is 15.9. The number of nitriles is 1. The summed E-state index contributed by atoms with van der Waals surface area (Å²) in [7, 11) is 4.02. The normalized spacial score (nSPS) is 11.8. The molecule has 0 saturated carbocycles. The van der Waals surface area contributed by atoms with Crippen molar-refractivity contribution in [1.82, 2.24) is 34.7 Å². The summed E-state index contributed by atoms with van der Waals surface area (Å²) in [4.78, 5) is 32.3. The van der Waals surface area contributed by atoms with Gasteiger partial charge < -0.3 is 25.8 Å². The second kappa shape index (κ2) is 12.8. The van der Waals surface area contributed by atoms with Gasteiger partial charge in [-0.05, 0) is 49.8 Å². The van der Waals surface area contributed by atoms with Crippen LogP contribution >= 0.6 is 0 Å². The summed E-state index contributed by atoms with van der Waals surface area (Å²) in [6.07, 6.45) is 4.76. The van der Waals surface area contributed by atoms with Crippen LogP contribution in [0.25, 0.3) is 22.2 Å². The molecule has 0 aliphatic rings. The van der Waals surface area contributed by atoms with E-state index in [0.717, 1.165) is 52.9 Å². The van der Waals surface area contributed by atoms with E-state index < -0.39 is 23.6 Å². The van der Waals surface area contributed by atoms with Gasteiger partial charge in [0, 0.05) is 31.4 Å². The van der Waals surface area contributed by atoms with Crippen LogP contribution in [0.15, 0.2) is 61.2 Å². The van der Waals surface area contributed by atoms with Crippen molar-refractivity contribution >= 4 is 28.6 Å². The number of anilines is 2. The number of fused-ring (bicyclic) bond motifs is 1. The summed E-state index contributed by atoms with van der Waals surface area (Å²) < 4.78 is 29.2. The Morgan fingerprint density at radius 3 is 2.59 bits per heavy atom. The number of carbonyl (C=O) groups excluding carboxylic acids is 1. The van der Waals surface area contributed by atoms with Crippen molar-refractivity contribution in [3.63, 3.8) is 0 Å². The quantitative estimate of drug-likeness (QED) is 0.215. The van der Waals surface area contributed by atoms with Crippen LogP contribution in [0.1, 0.15) is 40.3 Å². The minimum atomic E-state index is -1.02. The lowest BCUT2D eigenvalue weighted by Crippen LogP contribution is -2.29. The summed E-state index contributed by atoms with van der Waals surface area (Å²) in [6.45, 7) is 3.50. The van der Waals surface area contributed by atoms with Crippen molar-refractivity contribution in [2.75, 3.05) is 31.7 Å². The summed E-state index contributed by atoms with van der Waals surface area (Å²) in [5.41, 5.74) is 10.00. The van der Waals surface area contributed by atoms with Crippen LogP contribution < -0.4 is 16.4 Å². The van der Waals surface area contributed by atoms with E-state index in [4.69, 9.17) is 5.73 Å². The monoisotopic (exact) mass is 596 g/mol. The second-order valence-corrected chi connectivity index (χ2v) is 10.5. The van der Waals surface area contributed by atoms with Gasteiger partial charge in [-0.25, -0.2) is 28.7 Å². The highest BCUT2D eigenvalue weighted by Crippen LogP contribution is 2.33. The van der Waals surface area contributed by atoms with Crippen LogP contribution in [0, 0.1) is 23.0 Å². The van der Waals surface area contributed by atoms with E-state index in [1.807, 2.05) is 50.6 Å². The van der Waals surface area contributed by atoms with Crippen molar-refractivity contribution in [3.8, 4) is 17.2 Å². The van der Waals surface area contributed by atoms with Crippen molar-refractivity contribution in [1.29, 1.82) is 5.26 Å². The molecule has 0 fully saturated rings. The zero-order chi connectivity index (χ0) is 31.4. The molecule has 2 aromatic carbocycles. The van der Waals surface area contributed by atoms with E-state index in [9.17, 15) is 18.8 Å². The van der Waals surface area contributed by atoms with Crippen LogP contribution in [0.3, 0.4) is 0 Å². The van der Waals surface area contributed by atoms with Crippen LogP contribution in [-0.2, 0) is 13.1 Å². The molecule has 0 unspecified atom stereocenters. The Morgan fingerprint density at radius 2 is 1.89 bits per heavy atom. The molecule has 0 radical (unpaired) electrons. The van der Waals surface area contributed by atoms with Gasteiger partial charge in [-0.2, -0.15) is 5.26 Å². The summed E-state index contributed by atoms with van der Waals surface area (Å²) in [5.74, 6) is -2.06. The lowest BCUT2D eigenvalue weighted by Gasteiger charge is -2.16. The second-order valence-electron chi connectivity index (χ2n) is 10.5. The molecule has 3 aromatic heterocycles. The number of nitrogens with zero attached hydrogens (tertiary/aromatic N) is 7. The molecule has 11 nitrogen and oxygen atoms in total.